The van der Waals surface area contributed by atoms with Gasteiger partial charge in [-0.05, 0) is 25.1 Å². The quantitative estimate of drug-likeness (QED) is 0.682. The molecule has 0 fully saturated rings. The van der Waals surface area contributed by atoms with Crippen LogP contribution < -0.4 is 0 Å². The van der Waals surface area contributed by atoms with E-state index in [0.29, 0.717) is 12.1 Å². The average Bonchev–Trinajstić information content (AvgIpc) is 3.01. The van der Waals surface area contributed by atoms with Crippen molar-refractivity contribution in [3.05, 3.63) is 48.0 Å². The van der Waals surface area contributed by atoms with Gasteiger partial charge in [-0.2, -0.15) is 5.10 Å². The van der Waals surface area contributed by atoms with Crippen LogP contribution in [-0.4, -0.2) is 25.1 Å². The van der Waals surface area contributed by atoms with Gasteiger partial charge in [-0.1, -0.05) is 12.1 Å². The lowest BCUT2D eigenvalue weighted by molar-refractivity contribution is 0.0981. The zero-order chi connectivity index (χ0) is 14.1. The van der Waals surface area contributed by atoms with Crippen molar-refractivity contribution >= 4 is 16.8 Å². The number of rotatable bonds is 4. The van der Waals surface area contributed by atoms with Crippen molar-refractivity contribution in [2.45, 2.75) is 19.9 Å². The molecule has 0 aliphatic heterocycles. The number of para-hydroxylation sites is 2. The van der Waals surface area contributed by atoms with E-state index in [0.717, 1.165) is 23.4 Å². The molecule has 0 aliphatic carbocycles. The number of ketones is 1. The maximum atomic E-state index is 12.3. The summed E-state index contributed by atoms with van der Waals surface area (Å²) in [5, 5.41) is 4.03. The highest BCUT2D eigenvalue weighted by Crippen LogP contribution is 2.17. The minimum atomic E-state index is 0.0370. The predicted octanol–water partition coefficient (Wildman–Crippen LogP) is 2.22. The van der Waals surface area contributed by atoms with E-state index in [1.165, 1.54) is 0 Å². The molecule has 0 aliphatic rings. The Balaban J connectivity index is 1.99. The zero-order valence-corrected chi connectivity index (χ0v) is 11.6. The molecule has 3 aromatic rings. The number of aromatic nitrogens is 4. The number of imidazole rings is 1. The normalized spacial score (nSPS) is 11.1. The van der Waals surface area contributed by atoms with Crippen LogP contribution in [0, 0.1) is 0 Å². The number of Topliss-reactive ketones (excluding diaryl/α,β-unsaturated/α-hetero) is 1. The standard InChI is InChI=1S/C15H16N4O/c1-3-19-12-7-5-4-6-11(12)17-15(19)10-14(20)13-8-9-16-18(13)2/h4-9H,3,10H2,1-2H3. The second-order valence-corrected chi connectivity index (χ2v) is 4.70. The third-order valence-electron chi connectivity index (χ3n) is 3.48. The van der Waals surface area contributed by atoms with Gasteiger partial charge in [0.15, 0.2) is 5.78 Å². The highest BCUT2D eigenvalue weighted by Gasteiger charge is 2.16. The first kappa shape index (κ1) is 12.6. The molecule has 0 amide bonds. The number of benzene rings is 1. The van der Waals surface area contributed by atoms with E-state index in [9.17, 15) is 4.79 Å². The van der Waals surface area contributed by atoms with Crippen LogP contribution >= 0.6 is 0 Å². The van der Waals surface area contributed by atoms with Crippen molar-refractivity contribution in [2.75, 3.05) is 0 Å². The van der Waals surface area contributed by atoms with Gasteiger partial charge in [-0.25, -0.2) is 4.98 Å². The Hall–Kier alpha value is -2.43. The molecule has 0 saturated heterocycles. The first-order valence-electron chi connectivity index (χ1n) is 6.66. The van der Waals surface area contributed by atoms with E-state index in [1.54, 1.807) is 24.0 Å². The fraction of sp³-hybridized carbons (Fsp3) is 0.267. The first-order chi connectivity index (χ1) is 9.70. The maximum absolute atomic E-state index is 12.3. The van der Waals surface area contributed by atoms with Gasteiger partial charge < -0.3 is 4.57 Å². The minimum absolute atomic E-state index is 0.0370. The van der Waals surface area contributed by atoms with Crippen LogP contribution in [0.15, 0.2) is 36.5 Å². The molecule has 5 nitrogen and oxygen atoms in total. The van der Waals surface area contributed by atoms with E-state index >= 15 is 0 Å². The van der Waals surface area contributed by atoms with Gasteiger partial charge in [-0.3, -0.25) is 9.48 Å². The van der Waals surface area contributed by atoms with Gasteiger partial charge in [0.05, 0.1) is 17.5 Å². The first-order valence-corrected chi connectivity index (χ1v) is 6.66. The van der Waals surface area contributed by atoms with Crippen molar-refractivity contribution in [3.63, 3.8) is 0 Å². The SMILES string of the molecule is CCn1c(CC(=O)c2ccnn2C)nc2ccccc21. The summed E-state index contributed by atoms with van der Waals surface area (Å²) >= 11 is 0. The number of hydrogen-bond donors (Lipinski definition) is 0. The molecular weight excluding hydrogens is 252 g/mol. The van der Waals surface area contributed by atoms with Gasteiger partial charge >= 0.3 is 0 Å². The predicted molar refractivity (Wildman–Crippen MR) is 76.6 cm³/mol. The maximum Gasteiger partial charge on any atom is 0.188 e. The highest BCUT2D eigenvalue weighted by atomic mass is 16.1. The average molecular weight is 268 g/mol. The van der Waals surface area contributed by atoms with Crippen molar-refractivity contribution in [1.82, 2.24) is 19.3 Å². The number of nitrogens with zero attached hydrogens (tertiary/aromatic N) is 4. The van der Waals surface area contributed by atoms with E-state index in [4.69, 9.17) is 0 Å². The van der Waals surface area contributed by atoms with Crippen molar-refractivity contribution in [1.29, 1.82) is 0 Å². The molecule has 0 bridgehead atoms. The lowest BCUT2D eigenvalue weighted by atomic mass is 10.2. The molecule has 20 heavy (non-hydrogen) atoms. The van der Waals surface area contributed by atoms with Crippen LogP contribution in [0.25, 0.3) is 11.0 Å². The number of carbonyl (C=O) groups excluding carboxylic acids is 1. The van der Waals surface area contributed by atoms with Crippen molar-refractivity contribution in [2.24, 2.45) is 7.05 Å². The molecule has 1 aromatic carbocycles. The molecule has 0 N–H and O–H groups in total. The van der Waals surface area contributed by atoms with Gasteiger partial charge in [-0.15, -0.1) is 0 Å². The lowest BCUT2D eigenvalue weighted by Gasteiger charge is -2.05. The van der Waals surface area contributed by atoms with Crippen LogP contribution in [0.1, 0.15) is 23.2 Å². The Bertz CT molecular complexity index is 769. The van der Waals surface area contributed by atoms with Gasteiger partial charge in [0.2, 0.25) is 0 Å². The van der Waals surface area contributed by atoms with Crippen LogP contribution in [-0.2, 0) is 20.0 Å². The van der Waals surface area contributed by atoms with Gasteiger partial charge in [0, 0.05) is 19.8 Å². The number of hydrogen-bond acceptors (Lipinski definition) is 3. The molecule has 0 unspecified atom stereocenters. The summed E-state index contributed by atoms with van der Waals surface area (Å²) in [6.07, 6.45) is 1.93. The molecular formula is C15H16N4O. The summed E-state index contributed by atoms with van der Waals surface area (Å²) in [5.74, 6) is 0.843. The Kier molecular flexibility index (Phi) is 3.10. The third kappa shape index (κ3) is 2.01. The molecule has 5 heteroatoms. The number of aryl methyl sites for hydroxylation is 2. The summed E-state index contributed by atoms with van der Waals surface area (Å²) in [7, 11) is 1.77. The second kappa shape index (κ2) is 4.92. The molecule has 0 spiro atoms. The molecule has 2 aromatic heterocycles. The molecule has 0 atom stereocenters. The highest BCUT2D eigenvalue weighted by molar-refractivity contribution is 5.96. The number of carbonyl (C=O) groups is 1. The zero-order valence-electron chi connectivity index (χ0n) is 11.6. The molecule has 2 heterocycles. The fourth-order valence-corrected chi connectivity index (χ4v) is 2.49. The minimum Gasteiger partial charge on any atom is -0.328 e. The summed E-state index contributed by atoms with van der Waals surface area (Å²) in [6, 6.07) is 9.69. The Morgan fingerprint density at radius 1 is 1.25 bits per heavy atom. The Morgan fingerprint density at radius 2 is 2.05 bits per heavy atom. The largest absolute Gasteiger partial charge is 0.328 e. The van der Waals surface area contributed by atoms with Crippen LogP contribution in [0.4, 0.5) is 0 Å². The summed E-state index contributed by atoms with van der Waals surface area (Å²) in [4.78, 5) is 16.9. The van der Waals surface area contributed by atoms with Gasteiger partial charge in [0.1, 0.15) is 11.5 Å². The van der Waals surface area contributed by atoms with Crippen molar-refractivity contribution in [3.8, 4) is 0 Å². The molecule has 102 valence electrons. The van der Waals surface area contributed by atoms with Crippen LogP contribution in [0.3, 0.4) is 0 Å². The smallest absolute Gasteiger partial charge is 0.188 e. The lowest BCUT2D eigenvalue weighted by Crippen LogP contribution is -2.13. The van der Waals surface area contributed by atoms with Crippen molar-refractivity contribution < 1.29 is 4.79 Å². The van der Waals surface area contributed by atoms with E-state index in [2.05, 4.69) is 21.6 Å². The Labute approximate surface area is 116 Å². The van der Waals surface area contributed by atoms with Crippen LogP contribution in [0.2, 0.25) is 0 Å². The fourth-order valence-electron chi connectivity index (χ4n) is 2.49. The Morgan fingerprint density at radius 3 is 2.75 bits per heavy atom. The van der Waals surface area contributed by atoms with E-state index in [-0.39, 0.29) is 5.78 Å². The van der Waals surface area contributed by atoms with Crippen LogP contribution in [0.5, 0.6) is 0 Å². The second-order valence-electron chi connectivity index (χ2n) is 4.70. The number of fused-ring (bicyclic) bond motifs is 1. The summed E-state index contributed by atoms with van der Waals surface area (Å²) in [5.41, 5.74) is 2.62. The van der Waals surface area contributed by atoms with E-state index in [1.807, 2.05) is 24.3 Å². The monoisotopic (exact) mass is 268 g/mol. The summed E-state index contributed by atoms with van der Waals surface area (Å²) < 4.78 is 3.69. The molecule has 0 radical (unpaired) electrons. The third-order valence-corrected chi connectivity index (χ3v) is 3.48. The van der Waals surface area contributed by atoms with E-state index < -0.39 is 0 Å². The topological polar surface area (TPSA) is 52.7 Å². The molecule has 3 rings (SSSR count). The summed E-state index contributed by atoms with van der Waals surface area (Å²) in [6.45, 7) is 2.86. The molecule has 0 saturated carbocycles. The van der Waals surface area contributed by atoms with Gasteiger partial charge in [0.25, 0.3) is 0 Å².